The number of Topliss-reactive ketones (excluding diaryl/α,β-unsaturated/α-hetero) is 1. The van der Waals surface area contributed by atoms with Crippen LogP contribution in [-0.2, 0) is 0 Å². The number of carbonyl (C=O) groups excluding carboxylic acids is 1. The molecule has 0 bridgehead atoms. The Morgan fingerprint density at radius 3 is 2.92 bits per heavy atom. The standard InChI is InChI=1S/C10H8ClFO/c1-5-2-10(13)7-3-8(11)9(12)4-6(5)7/h3-5H,2H2,1H3. The van der Waals surface area contributed by atoms with E-state index in [1.165, 1.54) is 12.1 Å². The van der Waals surface area contributed by atoms with E-state index in [4.69, 9.17) is 11.6 Å². The average molecular weight is 199 g/mol. The molecule has 1 nitrogen and oxygen atoms in total. The lowest BCUT2D eigenvalue weighted by Crippen LogP contribution is -1.92. The van der Waals surface area contributed by atoms with Gasteiger partial charge in [0.15, 0.2) is 5.78 Å². The first-order chi connectivity index (χ1) is 6.09. The van der Waals surface area contributed by atoms with Crippen LogP contribution in [0.1, 0.15) is 35.2 Å². The maximum absolute atomic E-state index is 13.0. The summed E-state index contributed by atoms with van der Waals surface area (Å²) in [5.41, 5.74) is 1.37. The predicted octanol–water partition coefficient (Wildman–Crippen LogP) is 3.17. The smallest absolute Gasteiger partial charge is 0.163 e. The Hall–Kier alpha value is -0.890. The van der Waals surface area contributed by atoms with Crippen LogP contribution in [0.2, 0.25) is 5.02 Å². The second-order valence-corrected chi connectivity index (χ2v) is 3.79. The molecule has 0 aromatic heterocycles. The lowest BCUT2D eigenvalue weighted by molar-refractivity contribution is 0.0990. The summed E-state index contributed by atoms with van der Waals surface area (Å²) in [5, 5.41) is 0.0289. The van der Waals surface area contributed by atoms with E-state index in [2.05, 4.69) is 0 Å². The van der Waals surface area contributed by atoms with Crippen LogP contribution in [0, 0.1) is 5.82 Å². The fourth-order valence-electron chi connectivity index (χ4n) is 1.71. The second-order valence-electron chi connectivity index (χ2n) is 3.38. The fraction of sp³-hybridized carbons (Fsp3) is 0.300. The summed E-state index contributed by atoms with van der Waals surface area (Å²) >= 11 is 5.58. The highest BCUT2D eigenvalue weighted by molar-refractivity contribution is 6.31. The Bertz CT molecular complexity index is 387. The van der Waals surface area contributed by atoms with Crippen LogP contribution in [0.15, 0.2) is 12.1 Å². The number of halogens is 2. The summed E-state index contributed by atoms with van der Waals surface area (Å²) in [6.07, 6.45) is 0.467. The maximum Gasteiger partial charge on any atom is 0.163 e. The first-order valence-corrected chi connectivity index (χ1v) is 4.49. The lowest BCUT2D eigenvalue weighted by atomic mass is 10.0. The van der Waals surface area contributed by atoms with Crippen molar-refractivity contribution >= 4 is 17.4 Å². The molecule has 0 saturated carbocycles. The minimum atomic E-state index is -0.443. The topological polar surface area (TPSA) is 17.1 Å². The second kappa shape index (κ2) is 2.81. The number of rotatable bonds is 0. The van der Waals surface area contributed by atoms with Crippen molar-refractivity contribution in [3.05, 3.63) is 34.1 Å². The molecule has 1 aromatic rings. The van der Waals surface area contributed by atoms with Crippen molar-refractivity contribution in [3.63, 3.8) is 0 Å². The van der Waals surface area contributed by atoms with Crippen LogP contribution in [0.3, 0.4) is 0 Å². The number of ketones is 1. The molecule has 0 fully saturated rings. The molecule has 0 amide bonds. The van der Waals surface area contributed by atoms with Gasteiger partial charge >= 0.3 is 0 Å². The van der Waals surface area contributed by atoms with Crippen molar-refractivity contribution in [2.24, 2.45) is 0 Å². The van der Waals surface area contributed by atoms with Gasteiger partial charge in [-0.15, -0.1) is 0 Å². The maximum atomic E-state index is 13.0. The largest absolute Gasteiger partial charge is 0.294 e. The Morgan fingerprint density at radius 1 is 1.54 bits per heavy atom. The van der Waals surface area contributed by atoms with Crippen molar-refractivity contribution in [2.75, 3.05) is 0 Å². The van der Waals surface area contributed by atoms with Crippen molar-refractivity contribution < 1.29 is 9.18 Å². The van der Waals surface area contributed by atoms with Crippen LogP contribution in [-0.4, -0.2) is 5.78 Å². The minimum Gasteiger partial charge on any atom is -0.294 e. The van der Waals surface area contributed by atoms with E-state index in [9.17, 15) is 9.18 Å². The third-order valence-electron chi connectivity index (χ3n) is 2.42. The van der Waals surface area contributed by atoms with E-state index in [0.29, 0.717) is 12.0 Å². The van der Waals surface area contributed by atoms with Crippen molar-refractivity contribution in [2.45, 2.75) is 19.3 Å². The van der Waals surface area contributed by atoms with Crippen LogP contribution in [0.5, 0.6) is 0 Å². The molecule has 0 aliphatic heterocycles. The highest BCUT2D eigenvalue weighted by Crippen LogP contribution is 2.35. The Labute approximate surface area is 80.5 Å². The number of benzene rings is 1. The van der Waals surface area contributed by atoms with Gasteiger partial charge in [0.05, 0.1) is 5.02 Å². The van der Waals surface area contributed by atoms with Gasteiger partial charge in [-0.1, -0.05) is 18.5 Å². The monoisotopic (exact) mass is 198 g/mol. The van der Waals surface area contributed by atoms with Gasteiger partial charge in [0.2, 0.25) is 0 Å². The first-order valence-electron chi connectivity index (χ1n) is 4.11. The summed E-state index contributed by atoms with van der Waals surface area (Å²) in [4.78, 5) is 11.4. The number of hydrogen-bond acceptors (Lipinski definition) is 1. The van der Waals surface area contributed by atoms with Crippen LogP contribution < -0.4 is 0 Å². The van der Waals surface area contributed by atoms with Crippen LogP contribution in [0.25, 0.3) is 0 Å². The lowest BCUT2D eigenvalue weighted by Gasteiger charge is -2.03. The third kappa shape index (κ3) is 1.25. The first kappa shape index (κ1) is 8.70. The minimum absolute atomic E-state index is 0.0289. The molecule has 2 rings (SSSR count). The molecular weight excluding hydrogens is 191 g/mol. The molecule has 1 unspecified atom stereocenters. The summed E-state index contributed by atoms with van der Waals surface area (Å²) in [7, 11) is 0. The van der Waals surface area contributed by atoms with Gasteiger partial charge in [-0.2, -0.15) is 0 Å². The quantitative estimate of drug-likeness (QED) is 0.626. The molecule has 0 saturated heterocycles. The zero-order valence-corrected chi connectivity index (χ0v) is 7.86. The highest BCUT2D eigenvalue weighted by Gasteiger charge is 2.27. The van der Waals surface area contributed by atoms with Gasteiger partial charge in [-0.3, -0.25) is 4.79 Å². The highest BCUT2D eigenvalue weighted by atomic mass is 35.5. The molecular formula is C10H8ClFO. The molecule has 0 N–H and O–H groups in total. The van der Waals surface area contributed by atoms with E-state index >= 15 is 0 Å². The Balaban J connectivity index is 2.65. The summed E-state index contributed by atoms with van der Waals surface area (Å²) in [5.74, 6) is -0.263. The van der Waals surface area contributed by atoms with Gasteiger partial charge < -0.3 is 0 Å². The number of carbonyl (C=O) groups is 1. The molecule has 0 spiro atoms. The fourth-order valence-corrected chi connectivity index (χ4v) is 1.87. The molecule has 0 heterocycles. The zero-order valence-electron chi connectivity index (χ0n) is 7.10. The van der Waals surface area contributed by atoms with Crippen LogP contribution in [0.4, 0.5) is 4.39 Å². The van der Waals surface area contributed by atoms with Gasteiger partial charge in [-0.05, 0) is 23.6 Å². The van der Waals surface area contributed by atoms with E-state index in [0.717, 1.165) is 5.56 Å². The molecule has 1 aliphatic rings. The number of fused-ring (bicyclic) bond motifs is 1. The third-order valence-corrected chi connectivity index (χ3v) is 2.70. The van der Waals surface area contributed by atoms with Crippen LogP contribution >= 0.6 is 11.6 Å². The molecule has 13 heavy (non-hydrogen) atoms. The molecule has 1 aliphatic carbocycles. The molecule has 0 radical (unpaired) electrons. The van der Waals surface area contributed by atoms with E-state index in [1.54, 1.807) is 0 Å². The average Bonchev–Trinajstić information content (AvgIpc) is 2.31. The van der Waals surface area contributed by atoms with Gasteiger partial charge in [0, 0.05) is 12.0 Å². The van der Waals surface area contributed by atoms with Crippen molar-refractivity contribution in [1.82, 2.24) is 0 Å². The normalized spacial score (nSPS) is 20.5. The number of hydrogen-bond donors (Lipinski definition) is 0. The predicted molar refractivity (Wildman–Crippen MR) is 48.8 cm³/mol. The zero-order chi connectivity index (χ0) is 9.59. The molecule has 3 heteroatoms. The van der Waals surface area contributed by atoms with Crippen molar-refractivity contribution in [1.29, 1.82) is 0 Å². The van der Waals surface area contributed by atoms with Gasteiger partial charge in [0.1, 0.15) is 5.82 Å². The van der Waals surface area contributed by atoms with E-state index in [1.807, 2.05) is 6.92 Å². The Kier molecular flexibility index (Phi) is 1.88. The van der Waals surface area contributed by atoms with Gasteiger partial charge in [-0.25, -0.2) is 4.39 Å². The summed E-state index contributed by atoms with van der Waals surface area (Å²) < 4.78 is 13.0. The molecule has 68 valence electrons. The summed E-state index contributed by atoms with van der Waals surface area (Å²) in [6, 6.07) is 2.80. The molecule has 1 atom stereocenters. The van der Waals surface area contributed by atoms with Crippen molar-refractivity contribution in [3.8, 4) is 0 Å². The van der Waals surface area contributed by atoms with E-state index in [-0.39, 0.29) is 16.7 Å². The Morgan fingerprint density at radius 2 is 2.23 bits per heavy atom. The van der Waals surface area contributed by atoms with E-state index < -0.39 is 5.82 Å². The molecule has 1 aromatic carbocycles. The SMILES string of the molecule is CC1CC(=O)c2cc(Cl)c(F)cc21. The summed E-state index contributed by atoms with van der Waals surface area (Å²) in [6.45, 7) is 1.91. The van der Waals surface area contributed by atoms with Gasteiger partial charge in [0.25, 0.3) is 0 Å².